The molecular weight excluding hydrogens is 174 g/mol. The van der Waals surface area contributed by atoms with E-state index < -0.39 is 0 Å². The van der Waals surface area contributed by atoms with Crippen LogP contribution >= 0.6 is 0 Å². The third-order valence-electron chi connectivity index (χ3n) is 3.54. The molecule has 0 saturated carbocycles. The van der Waals surface area contributed by atoms with E-state index >= 15 is 0 Å². The molecule has 2 heteroatoms. The van der Waals surface area contributed by atoms with Crippen molar-refractivity contribution in [3.63, 3.8) is 0 Å². The molecule has 0 bridgehead atoms. The summed E-state index contributed by atoms with van der Waals surface area (Å²) in [5.74, 6) is 0.722. The van der Waals surface area contributed by atoms with Crippen LogP contribution in [0.4, 0.5) is 0 Å². The smallest absolute Gasteiger partial charge is 0.0700 e. The molecule has 14 heavy (non-hydrogen) atoms. The monoisotopic (exact) mass is 199 g/mol. The van der Waals surface area contributed by atoms with Crippen molar-refractivity contribution >= 4 is 0 Å². The summed E-state index contributed by atoms with van der Waals surface area (Å²) in [6, 6.07) is 0. The van der Waals surface area contributed by atoms with Crippen LogP contribution in [0, 0.1) is 11.3 Å². The number of nitrogens with one attached hydrogen (secondary N) is 1. The summed E-state index contributed by atoms with van der Waals surface area (Å²) < 4.78 is 5.57. The molecule has 0 aromatic rings. The summed E-state index contributed by atoms with van der Waals surface area (Å²) >= 11 is 0. The van der Waals surface area contributed by atoms with E-state index in [9.17, 15) is 0 Å². The first kappa shape index (κ1) is 12.0. The Kier molecular flexibility index (Phi) is 4.39. The van der Waals surface area contributed by atoms with Crippen LogP contribution in [0.25, 0.3) is 0 Å². The van der Waals surface area contributed by atoms with E-state index in [1.165, 1.54) is 12.8 Å². The Morgan fingerprint density at radius 1 is 1.43 bits per heavy atom. The van der Waals surface area contributed by atoms with Crippen molar-refractivity contribution in [1.82, 2.24) is 5.32 Å². The molecule has 1 unspecified atom stereocenters. The minimum atomic E-state index is 0.388. The SMILES string of the molecule is CC(C)C(C)(C)CNCC1CCCO1. The average Bonchev–Trinajstić information content (AvgIpc) is 2.56. The Bertz CT molecular complexity index is 160. The van der Waals surface area contributed by atoms with Gasteiger partial charge in [0.15, 0.2) is 0 Å². The summed E-state index contributed by atoms with van der Waals surface area (Å²) in [5, 5.41) is 3.52. The summed E-state index contributed by atoms with van der Waals surface area (Å²) in [4.78, 5) is 0. The van der Waals surface area contributed by atoms with Crippen LogP contribution in [0.3, 0.4) is 0 Å². The number of rotatable bonds is 5. The van der Waals surface area contributed by atoms with E-state index in [1.807, 2.05) is 0 Å². The van der Waals surface area contributed by atoms with Gasteiger partial charge in [0, 0.05) is 19.7 Å². The van der Waals surface area contributed by atoms with Crippen molar-refractivity contribution in [1.29, 1.82) is 0 Å². The molecular formula is C12H25NO. The zero-order chi connectivity index (χ0) is 10.6. The van der Waals surface area contributed by atoms with Gasteiger partial charge in [0.1, 0.15) is 0 Å². The fraction of sp³-hybridized carbons (Fsp3) is 1.00. The van der Waals surface area contributed by atoms with Crippen LogP contribution in [0.5, 0.6) is 0 Å². The van der Waals surface area contributed by atoms with Gasteiger partial charge in [0.05, 0.1) is 6.10 Å². The molecule has 1 atom stereocenters. The highest BCUT2D eigenvalue weighted by molar-refractivity contribution is 4.76. The van der Waals surface area contributed by atoms with Crippen LogP contribution < -0.4 is 5.32 Å². The fourth-order valence-corrected chi connectivity index (χ4v) is 1.56. The maximum atomic E-state index is 5.57. The molecule has 1 saturated heterocycles. The molecule has 0 aliphatic carbocycles. The van der Waals surface area contributed by atoms with Gasteiger partial charge in [-0.1, -0.05) is 27.7 Å². The van der Waals surface area contributed by atoms with Gasteiger partial charge in [-0.15, -0.1) is 0 Å². The molecule has 1 aliphatic heterocycles. The molecule has 0 aromatic carbocycles. The van der Waals surface area contributed by atoms with Crippen molar-refractivity contribution in [3.8, 4) is 0 Å². The first-order valence-corrected chi connectivity index (χ1v) is 5.84. The van der Waals surface area contributed by atoms with Gasteiger partial charge in [-0.05, 0) is 24.2 Å². The van der Waals surface area contributed by atoms with Crippen molar-refractivity contribution in [2.75, 3.05) is 19.7 Å². The zero-order valence-corrected chi connectivity index (χ0v) is 10.1. The number of hydrogen-bond acceptors (Lipinski definition) is 2. The average molecular weight is 199 g/mol. The largest absolute Gasteiger partial charge is 0.377 e. The van der Waals surface area contributed by atoms with Crippen molar-refractivity contribution in [2.45, 2.75) is 46.6 Å². The summed E-state index contributed by atoms with van der Waals surface area (Å²) in [5.41, 5.74) is 0.388. The minimum absolute atomic E-state index is 0.388. The maximum Gasteiger partial charge on any atom is 0.0700 e. The highest BCUT2D eigenvalue weighted by Crippen LogP contribution is 2.24. The Morgan fingerprint density at radius 3 is 2.64 bits per heavy atom. The summed E-state index contributed by atoms with van der Waals surface area (Å²) in [7, 11) is 0. The van der Waals surface area contributed by atoms with Gasteiger partial charge >= 0.3 is 0 Å². The molecule has 0 amide bonds. The molecule has 1 rings (SSSR count). The van der Waals surface area contributed by atoms with Crippen LogP contribution in [-0.2, 0) is 4.74 Å². The fourth-order valence-electron chi connectivity index (χ4n) is 1.56. The van der Waals surface area contributed by atoms with Gasteiger partial charge < -0.3 is 10.1 Å². The minimum Gasteiger partial charge on any atom is -0.377 e. The summed E-state index contributed by atoms with van der Waals surface area (Å²) in [6.07, 6.45) is 2.94. The second kappa shape index (κ2) is 5.13. The van der Waals surface area contributed by atoms with Crippen molar-refractivity contribution in [3.05, 3.63) is 0 Å². The Balaban J connectivity index is 2.13. The van der Waals surface area contributed by atoms with Crippen LogP contribution in [0.2, 0.25) is 0 Å². The maximum absolute atomic E-state index is 5.57. The lowest BCUT2D eigenvalue weighted by Crippen LogP contribution is -2.37. The molecule has 1 fully saturated rings. The molecule has 2 nitrogen and oxygen atoms in total. The molecule has 84 valence electrons. The van der Waals surface area contributed by atoms with Crippen molar-refractivity contribution in [2.24, 2.45) is 11.3 Å². The molecule has 1 N–H and O–H groups in total. The normalized spacial score (nSPS) is 23.4. The van der Waals surface area contributed by atoms with Crippen LogP contribution in [0.15, 0.2) is 0 Å². The van der Waals surface area contributed by atoms with E-state index in [0.717, 1.165) is 25.6 Å². The van der Waals surface area contributed by atoms with Gasteiger partial charge in [-0.2, -0.15) is 0 Å². The van der Waals surface area contributed by atoms with Gasteiger partial charge in [-0.25, -0.2) is 0 Å². The predicted octanol–water partition coefficient (Wildman–Crippen LogP) is 2.44. The lowest BCUT2D eigenvalue weighted by atomic mass is 9.81. The van der Waals surface area contributed by atoms with Gasteiger partial charge in [-0.3, -0.25) is 0 Å². The Hall–Kier alpha value is -0.0800. The lowest BCUT2D eigenvalue weighted by molar-refractivity contribution is 0.105. The van der Waals surface area contributed by atoms with E-state index in [-0.39, 0.29) is 0 Å². The first-order valence-electron chi connectivity index (χ1n) is 5.84. The van der Waals surface area contributed by atoms with Crippen LogP contribution in [0.1, 0.15) is 40.5 Å². The van der Waals surface area contributed by atoms with Gasteiger partial charge in [0.2, 0.25) is 0 Å². The first-order chi connectivity index (χ1) is 6.52. The summed E-state index contributed by atoms with van der Waals surface area (Å²) in [6.45, 7) is 12.3. The second-order valence-corrected chi connectivity index (χ2v) is 5.41. The molecule has 0 spiro atoms. The second-order valence-electron chi connectivity index (χ2n) is 5.41. The number of ether oxygens (including phenoxy) is 1. The quantitative estimate of drug-likeness (QED) is 0.734. The van der Waals surface area contributed by atoms with Crippen molar-refractivity contribution < 1.29 is 4.74 Å². The molecule has 0 aromatic heterocycles. The molecule has 1 aliphatic rings. The standard InChI is InChI=1S/C12H25NO/c1-10(2)12(3,4)9-13-8-11-6-5-7-14-11/h10-11,13H,5-9H2,1-4H3. The van der Waals surface area contributed by atoms with E-state index in [2.05, 4.69) is 33.0 Å². The predicted molar refractivity (Wildman–Crippen MR) is 60.5 cm³/mol. The third-order valence-corrected chi connectivity index (χ3v) is 3.54. The van der Waals surface area contributed by atoms with Crippen LogP contribution in [-0.4, -0.2) is 25.8 Å². The van der Waals surface area contributed by atoms with E-state index in [4.69, 9.17) is 4.74 Å². The van der Waals surface area contributed by atoms with E-state index in [1.54, 1.807) is 0 Å². The highest BCUT2D eigenvalue weighted by atomic mass is 16.5. The topological polar surface area (TPSA) is 21.3 Å². The molecule has 0 radical (unpaired) electrons. The number of hydrogen-bond donors (Lipinski definition) is 1. The Labute approximate surface area is 88.4 Å². The zero-order valence-electron chi connectivity index (χ0n) is 10.1. The molecule has 1 heterocycles. The van der Waals surface area contributed by atoms with E-state index in [0.29, 0.717) is 11.5 Å². The third kappa shape index (κ3) is 3.58. The highest BCUT2D eigenvalue weighted by Gasteiger charge is 2.22. The lowest BCUT2D eigenvalue weighted by Gasteiger charge is -2.30. The Morgan fingerprint density at radius 2 is 2.14 bits per heavy atom. The van der Waals surface area contributed by atoms with Gasteiger partial charge in [0.25, 0.3) is 0 Å².